The summed E-state index contributed by atoms with van der Waals surface area (Å²) in [4.78, 5) is 13.2. The van der Waals surface area contributed by atoms with Crippen LogP contribution in [-0.4, -0.2) is 46.7 Å². The minimum absolute atomic E-state index is 0.222. The number of allylic oxidation sites excluding steroid dienone is 1. The molecule has 214 valence electrons. The van der Waals surface area contributed by atoms with Crippen molar-refractivity contribution in [2.45, 2.75) is 91.5 Å². The van der Waals surface area contributed by atoms with Gasteiger partial charge in [0, 0.05) is 0 Å². The van der Waals surface area contributed by atoms with Gasteiger partial charge in [0.05, 0.1) is 37.4 Å². The van der Waals surface area contributed by atoms with Crippen molar-refractivity contribution in [3.8, 4) is 0 Å². The Labute approximate surface area is 234 Å². The number of benzene rings is 2. The van der Waals surface area contributed by atoms with E-state index in [1.165, 1.54) is 0 Å². The summed E-state index contributed by atoms with van der Waals surface area (Å²) in [5.74, 6) is -0.523. The molecule has 6 nitrogen and oxygen atoms in total. The second-order valence-corrected chi connectivity index (χ2v) is 11.3. The molecule has 0 radical (unpaired) electrons. The Bertz CT molecular complexity index is 1040. The fourth-order valence-electron chi connectivity index (χ4n) is 3.95. The average Bonchev–Trinajstić information content (AvgIpc) is 2.89. The Kier molecular flexibility index (Phi) is 13.1. The molecule has 0 aromatic heterocycles. The van der Waals surface area contributed by atoms with Crippen LogP contribution in [0.15, 0.2) is 84.5 Å². The highest BCUT2D eigenvalue weighted by molar-refractivity contribution is 5.77. The van der Waals surface area contributed by atoms with E-state index in [1.807, 2.05) is 85.8 Å². The van der Waals surface area contributed by atoms with Crippen molar-refractivity contribution in [2.24, 2.45) is 5.41 Å². The van der Waals surface area contributed by atoms with Crippen molar-refractivity contribution in [3.63, 3.8) is 0 Å². The first-order valence-electron chi connectivity index (χ1n) is 13.6. The number of hydrogen-bond donors (Lipinski definition) is 2. The first-order valence-corrected chi connectivity index (χ1v) is 13.6. The SMILES string of the molecule is C/C=C/C[C@@H](O)C/C(=C\COCc1ccccc1)[C@H](OCc1ccccc1)[C@H](O)C(C)(C)C(=O)OC(C)(C)C. The average molecular weight is 539 g/mol. The molecule has 0 saturated heterocycles. The first kappa shape index (κ1) is 32.4. The second-order valence-electron chi connectivity index (χ2n) is 11.3. The lowest BCUT2D eigenvalue weighted by molar-refractivity contribution is -0.178. The zero-order valence-electron chi connectivity index (χ0n) is 24.3. The summed E-state index contributed by atoms with van der Waals surface area (Å²) in [5, 5.41) is 22.5. The van der Waals surface area contributed by atoms with Gasteiger partial charge < -0.3 is 24.4 Å². The van der Waals surface area contributed by atoms with Crippen molar-refractivity contribution < 1.29 is 29.2 Å². The lowest BCUT2D eigenvalue weighted by Gasteiger charge is -2.37. The van der Waals surface area contributed by atoms with E-state index in [1.54, 1.807) is 34.6 Å². The Morgan fingerprint density at radius 1 is 0.897 bits per heavy atom. The lowest BCUT2D eigenvalue weighted by atomic mass is 9.80. The third-order valence-corrected chi connectivity index (χ3v) is 6.28. The van der Waals surface area contributed by atoms with Gasteiger partial charge in [-0.25, -0.2) is 0 Å². The van der Waals surface area contributed by atoms with Gasteiger partial charge in [0.2, 0.25) is 0 Å². The predicted molar refractivity (Wildman–Crippen MR) is 155 cm³/mol. The zero-order valence-corrected chi connectivity index (χ0v) is 24.3. The van der Waals surface area contributed by atoms with Crippen molar-refractivity contribution in [1.29, 1.82) is 0 Å². The van der Waals surface area contributed by atoms with Gasteiger partial charge in [-0.1, -0.05) is 78.9 Å². The minimum atomic E-state index is -1.28. The normalized spacial score (nSPS) is 15.2. The number of ether oxygens (including phenoxy) is 3. The van der Waals surface area contributed by atoms with Gasteiger partial charge in [-0.3, -0.25) is 4.79 Å². The summed E-state index contributed by atoms with van der Waals surface area (Å²) in [6, 6.07) is 19.5. The van der Waals surface area contributed by atoms with E-state index in [9.17, 15) is 15.0 Å². The summed E-state index contributed by atoms with van der Waals surface area (Å²) < 4.78 is 17.9. The highest BCUT2D eigenvalue weighted by Crippen LogP contribution is 2.33. The van der Waals surface area contributed by atoms with Gasteiger partial charge >= 0.3 is 5.97 Å². The molecule has 0 spiro atoms. The van der Waals surface area contributed by atoms with Crippen molar-refractivity contribution >= 4 is 5.97 Å². The van der Waals surface area contributed by atoms with Crippen LogP contribution in [0.25, 0.3) is 0 Å². The number of aliphatic hydroxyl groups is 2. The number of carbonyl (C=O) groups excluding carboxylic acids is 1. The molecule has 2 aromatic carbocycles. The maximum absolute atomic E-state index is 13.2. The highest BCUT2D eigenvalue weighted by Gasteiger charge is 2.44. The molecule has 2 rings (SSSR count). The van der Waals surface area contributed by atoms with Crippen LogP contribution in [0.3, 0.4) is 0 Å². The van der Waals surface area contributed by atoms with Crippen LogP contribution in [0, 0.1) is 5.41 Å². The molecular formula is C33H46O6. The molecule has 0 bridgehead atoms. The van der Waals surface area contributed by atoms with E-state index >= 15 is 0 Å². The predicted octanol–water partition coefficient (Wildman–Crippen LogP) is 6.16. The quantitative estimate of drug-likeness (QED) is 0.160. The molecule has 0 aliphatic carbocycles. The maximum atomic E-state index is 13.2. The molecule has 0 amide bonds. The van der Waals surface area contributed by atoms with E-state index in [0.29, 0.717) is 18.6 Å². The summed E-state index contributed by atoms with van der Waals surface area (Å²) in [7, 11) is 0. The smallest absolute Gasteiger partial charge is 0.314 e. The van der Waals surface area contributed by atoms with E-state index in [4.69, 9.17) is 14.2 Å². The van der Waals surface area contributed by atoms with Crippen molar-refractivity contribution in [2.75, 3.05) is 6.61 Å². The van der Waals surface area contributed by atoms with E-state index < -0.39 is 35.3 Å². The Morgan fingerprint density at radius 2 is 1.46 bits per heavy atom. The summed E-state index contributed by atoms with van der Waals surface area (Å²) >= 11 is 0. The van der Waals surface area contributed by atoms with E-state index in [0.717, 1.165) is 11.1 Å². The van der Waals surface area contributed by atoms with Gasteiger partial charge in [0.15, 0.2) is 0 Å². The van der Waals surface area contributed by atoms with Crippen LogP contribution in [0.4, 0.5) is 0 Å². The van der Waals surface area contributed by atoms with Crippen molar-refractivity contribution in [1.82, 2.24) is 0 Å². The van der Waals surface area contributed by atoms with Crippen LogP contribution in [0.1, 0.15) is 65.5 Å². The van der Waals surface area contributed by atoms with Gasteiger partial charge in [-0.2, -0.15) is 0 Å². The van der Waals surface area contributed by atoms with Crippen LogP contribution < -0.4 is 0 Å². The van der Waals surface area contributed by atoms with Crippen LogP contribution in [-0.2, 0) is 32.2 Å². The first-order chi connectivity index (χ1) is 18.4. The molecule has 3 atom stereocenters. The second kappa shape index (κ2) is 15.7. The third kappa shape index (κ3) is 11.5. The summed E-state index contributed by atoms with van der Waals surface area (Å²) in [6.45, 7) is 11.5. The number of carbonyl (C=O) groups is 1. The van der Waals surface area contributed by atoms with Gasteiger partial charge in [0.25, 0.3) is 0 Å². The fourth-order valence-corrected chi connectivity index (χ4v) is 3.95. The van der Waals surface area contributed by atoms with Gasteiger partial charge in [-0.15, -0.1) is 0 Å². The molecule has 0 aliphatic rings. The standard InChI is InChI=1S/C33H46O6/c1-7-8-19-28(34)22-27(20-21-37-23-25-15-11-9-12-16-25)29(38-24-26-17-13-10-14-18-26)30(35)33(5,6)31(36)39-32(2,3)4/h7-18,20,28-30,34-35H,19,21-24H2,1-6H3/b8-7+,27-20+/t28-,29+,30+/m1/s1. The monoisotopic (exact) mass is 538 g/mol. The third-order valence-electron chi connectivity index (χ3n) is 6.28. The Balaban J connectivity index is 2.36. The molecule has 6 heteroatoms. The molecule has 39 heavy (non-hydrogen) atoms. The summed E-state index contributed by atoms with van der Waals surface area (Å²) in [6.07, 6.45) is 3.52. The largest absolute Gasteiger partial charge is 0.459 e. The minimum Gasteiger partial charge on any atom is -0.459 e. The maximum Gasteiger partial charge on any atom is 0.314 e. The molecular weight excluding hydrogens is 492 g/mol. The molecule has 0 heterocycles. The molecule has 0 unspecified atom stereocenters. The Morgan fingerprint density at radius 3 is 2.00 bits per heavy atom. The number of esters is 1. The fraction of sp³-hybridized carbons (Fsp3) is 0.485. The van der Waals surface area contributed by atoms with Crippen LogP contribution in [0.2, 0.25) is 0 Å². The Hall–Kier alpha value is -2.77. The van der Waals surface area contributed by atoms with Gasteiger partial charge in [0.1, 0.15) is 11.7 Å². The van der Waals surface area contributed by atoms with Crippen LogP contribution >= 0.6 is 0 Å². The molecule has 0 fully saturated rings. The number of rotatable bonds is 15. The van der Waals surface area contributed by atoms with Crippen LogP contribution in [0.5, 0.6) is 0 Å². The summed E-state index contributed by atoms with van der Waals surface area (Å²) in [5.41, 5.74) is 0.649. The van der Waals surface area contributed by atoms with E-state index in [2.05, 4.69) is 0 Å². The molecule has 2 N–H and O–H groups in total. The lowest BCUT2D eigenvalue weighted by Crippen LogP contribution is -2.49. The molecule has 0 saturated carbocycles. The van der Waals surface area contributed by atoms with Gasteiger partial charge in [-0.05, 0) is 71.1 Å². The van der Waals surface area contributed by atoms with E-state index in [-0.39, 0.29) is 19.6 Å². The molecule has 0 aliphatic heterocycles. The zero-order chi connectivity index (χ0) is 28.9. The van der Waals surface area contributed by atoms with Crippen molar-refractivity contribution in [3.05, 3.63) is 95.6 Å². The number of hydrogen-bond acceptors (Lipinski definition) is 6. The number of aliphatic hydroxyl groups excluding tert-OH is 2. The highest BCUT2D eigenvalue weighted by atomic mass is 16.6. The molecule has 2 aromatic rings. The topological polar surface area (TPSA) is 85.2 Å².